The maximum absolute atomic E-state index is 4.88. The number of para-hydroxylation sites is 3. The maximum atomic E-state index is 4.88. The Bertz CT molecular complexity index is 2830. The number of rotatable bonds is 12. The second-order valence-electron chi connectivity index (χ2n) is 14.8. The summed E-state index contributed by atoms with van der Waals surface area (Å²) in [6, 6.07) is 43.7. The van der Waals surface area contributed by atoms with E-state index in [9.17, 15) is 0 Å². The Morgan fingerprint density at radius 3 is 2.16 bits per heavy atom. The van der Waals surface area contributed by atoms with Gasteiger partial charge in [-0.05, 0) is 117 Å². The minimum Gasteiger partial charge on any atom is -0.333 e. The van der Waals surface area contributed by atoms with Crippen LogP contribution in [-0.2, 0) is 0 Å². The van der Waals surface area contributed by atoms with E-state index in [0.717, 1.165) is 70.1 Å². The highest BCUT2D eigenvalue weighted by atomic mass is 15.2. The molecule has 0 amide bonds. The Morgan fingerprint density at radius 2 is 1.48 bits per heavy atom. The fourth-order valence-electron chi connectivity index (χ4n) is 8.69. The number of hydrogen-bond acceptors (Lipinski definition) is 3. The molecule has 2 aromatic heterocycles. The van der Waals surface area contributed by atoms with E-state index >= 15 is 0 Å². The lowest BCUT2D eigenvalue weighted by Gasteiger charge is -2.27. The third-order valence-electron chi connectivity index (χ3n) is 11.2. The second kappa shape index (κ2) is 16.2. The monoisotopic (exact) mass is 753 g/mol. The van der Waals surface area contributed by atoms with E-state index in [4.69, 9.17) is 4.99 Å². The fraction of sp³-hybridized carbons (Fsp3) is 0.113. The van der Waals surface area contributed by atoms with Crippen LogP contribution in [0.3, 0.4) is 0 Å². The highest BCUT2D eigenvalue weighted by Gasteiger charge is 2.28. The SMILES string of the molecule is C=C/C=C(\C=C/C)N(c1ccccc1)c1ccc2c(c1)c1cc3c(cc1n2C1C=CC=CC1)c(N(CC1=CCCC=C1)c1ccccc1)c(N=C)n3-c1ccccc1. The van der Waals surface area contributed by atoms with Crippen molar-refractivity contribution in [2.75, 3.05) is 16.3 Å². The van der Waals surface area contributed by atoms with Crippen LogP contribution >= 0.6 is 0 Å². The van der Waals surface area contributed by atoms with Crippen LogP contribution in [0.15, 0.2) is 211 Å². The molecule has 0 aliphatic heterocycles. The van der Waals surface area contributed by atoms with Crippen LogP contribution in [0.1, 0.15) is 32.2 Å². The van der Waals surface area contributed by atoms with Crippen LogP contribution in [0.4, 0.5) is 28.6 Å². The summed E-state index contributed by atoms with van der Waals surface area (Å²) in [5.41, 5.74) is 11.1. The highest BCUT2D eigenvalue weighted by Crippen LogP contribution is 2.48. The van der Waals surface area contributed by atoms with Crippen LogP contribution in [0.25, 0.3) is 38.4 Å². The minimum absolute atomic E-state index is 0.150. The standard InChI is InChI=1S/C53H47N5/c1-4-21-41(22-5-2)56(42-27-15-8-16-28-42)45-33-34-49-46(35-45)47-36-51-48(37-50(47)57(49)43-29-17-9-18-30-43)52(53(54-3)58(51)44-31-19-10-20-32-44)55(40-25-13-7-14-26-40)38-39-23-11-6-12-24-39/h4-5,7-11,13-29,31-37,43H,1,3,6,12,30,38H2,2H3/b22-5-,41-21+. The molecule has 2 aliphatic carbocycles. The van der Waals surface area contributed by atoms with Crippen molar-refractivity contribution < 1.29 is 0 Å². The molecule has 0 bridgehead atoms. The first-order chi connectivity index (χ1) is 28.7. The topological polar surface area (TPSA) is 28.7 Å². The van der Waals surface area contributed by atoms with Crippen LogP contribution in [0.5, 0.6) is 0 Å². The number of benzene rings is 5. The van der Waals surface area contributed by atoms with Gasteiger partial charge in [0.15, 0.2) is 5.82 Å². The molecule has 284 valence electrons. The van der Waals surface area contributed by atoms with Crippen molar-refractivity contribution in [3.63, 3.8) is 0 Å². The van der Waals surface area contributed by atoms with Gasteiger partial charge in [-0.3, -0.25) is 4.57 Å². The third-order valence-corrected chi connectivity index (χ3v) is 11.2. The molecular weight excluding hydrogens is 707 g/mol. The minimum atomic E-state index is 0.150. The molecule has 2 aliphatic rings. The van der Waals surface area contributed by atoms with Gasteiger partial charge in [0, 0.05) is 56.7 Å². The van der Waals surface area contributed by atoms with E-state index in [-0.39, 0.29) is 6.04 Å². The van der Waals surface area contributed by atoms with Crippen LogP contribution in [0.2, 0.25) is 0 Å². The van der Waals surface area contributed by atoms with Gasteiger partial charge in [-0.15, -0.1) is 0 Å². The van der Waals surface area contributed by atoms with Gasteiger partial charge >= 0.3 is 0 Å². The molecule has 5 heteroatoms. The van der Waals surface area contributed by atoms with Crippen molar-refractivity contribution >= 4 is 68.0 Å². The van der Waals surface area contributed by atoms with Gasteiger partial charge in [0.25, 0.3) is 0 Å². The molecule has 1 atom stereocenters. The van der Waals surface area contributed by atoms with Gasteiger partial charge in [-0.25, -0.2) is 4.99 Å². The Labute approximate surface area is 341 Å². The zero-order valence-electron chi connectivity index (χ0n) is 33.0. The Morgan fingerprint density at radius 1 is 0.759 bits per heavy atom. The molecule has 7 aromatic rings. The van der Waals surface area contributed by atoms with Gasteiger partial charge in [-0.1, -0.05) is 116 Å². The van der Waals surface area contributed by atoms with E-state index < -0.39 is 0 Å². The summed E-state index contributed by atoms with van der Waals surface area (Å²) in [6.45, 7) is 11.1. The number of fused-ring (bicyclic) bond motifs is 4. The molecule has 0 saturated heterocycles. The molecule has 5 nitrogen and oxygen atoms in total. The van der Waals surface area contributed by atoms with E-state index in [0.29, 0.717) is 6.54 Å². The first-order valence-corrected chi connectivity index (χ1v) is 20.2. The van der Waals surface area contributed by atoms with Gasteiger partial charge in [0.1, 0.15) is 0 Å². The molecule has 5 aromatic carbocycles. The Balaban J connectivity index is 1.38. The van der Waals surface area contributed by atoms with Gasteiger partial charge in [0.05, 0.1) is 22.8 Å². The maximum Gasteiger partial charge on any atom is 0.161 e. The Kier molecular flexibility index (Phi) is 10.2. The zero-order valence-corrected chi connectivity index (χ0v) is 33.0. The summed E-state index contributed by atoms with van der Waals surface area (Å²) in [5, 5.41) is 3.49. The Hall–Kier alpha value is -7.11. The largest absolute Gasteiger partial charge is 0.333 e. The number of aromatic nitrogens is 2. The van der Waals surface area contributed by atoms with Crippen molar-refractivity contribution in [2.45, 2.75) is 32.2 Å². The predicted octanol–water partition coefficient (Wildman–Crippen LogP) is 14.3. The lowest BCUT2D eigenvalue weighted by atomic mass is 10.0. The van der Waals surface area contributed by atoms with Crippen molar-refractivity contribution in [1.82, 2.24) is 9.13 Å². The zero-order chi connectivity index (χ0) is 39.4. The highest BCUT2D eigenvalue weighted by molar-refractivity contribution is 6.17. The lowest BCUT2D eigenvalue weighted by molar-refractivity contribution is 0.648. The summed E-state index contributed by atoms with van der Waals surface area (Å²) in [6.07, 6.45) is 27.0. The second-order valence-corrected chi connectivity index (χ2v) is 14.8. The molecule has 0 fully saturated rings. The molecule has 0 N–H and O–H groups in total. The lowest BCUT2D eigenvalue weighted by Crippen LogP contribution is -2.20. The number of allylic oxidation sites excluding steroid dienone is 10. The van der Waals surface area contributed by atoms with Crippen LogP contribution < -0.4 is 9.80 Å². The summed E-state index contributed by atoms with van der Waals surface area (Å²) >= 11 is 0. The molecule has 9 rings (SSSR count). The van der Waals surface area contributed by atoms with Crippen molar-refractivity contribution in [3.8, 4) is 5.69 Å². The molecular formula is C53H47N5. The average Bonchev–Trinajstić information content (AvgIpc) is 3.78. The van der Waals surface area contributed by atoms with E-state index in [2.05, 4.69) is 221 Å². The molecule has 1 unspecified atom stereocenters. The molecule has 0 saturated carbocycles. The number of anilines is 4. The van der Waals surface area contributed by atoms with E-state index in [1.54, 1.807) is 0 Å². The molecule has 0 radical (unpaired) electrons. The quantitative estimate of drug-likeness (QED) is 0.0918. The molecule has 2 heterocycles. The molecule has 58 heavy (non-hydrogen) atoms. The van der Waals surface area contributed by atoms with Crippen molar-refractivity contribution in [3.05, 3.63) is 206 Å². The smallest absolute Gasteiger partial charge is 0.161 e. The fourth-order valence-corrected chi connectivity index (χ4v) is 8.69. The first-order valence-electron chi connectivity index (χ1n) is 20.2. The van der Waals surface area contributed by atoms with E-state index in [1.807, 2.05) is 6.08 Å². The number of hydrogen-bond donors (Lipinski definition) is 0. The first kappa shape index (κ1) is 36.5. The van der Waals surface area contributed by atoms with E-state index in [1.165, 1.54) is 27.4 Å². The average molecular weight is 754 g/mol. The van der Waals surface area contributed by atoms with Crippen LogP contribution in [0, 0.1) is 0 Å². The summed E-state index contributed by atoms with van der Waals surface area (Å²) in [7, 11) is 0. The third kappa shape index (κ3) is 6.65. The van der Waals surface area contributed by atoms with Crippen molar-refractivity contribution in [2.24, 2.45) is 4.99 Å². The number of nitrogens with zero attached hydrogens (tertiary/aromatic N) is 5. The van der Waals surface area contributed by atoms with Crippen molar-refractivity contribution in [1.29, 1.82) is 0 Å². The summed E-state index contributed by atoms with van der Waals surface area (Å²) < 4.78 is 4.83. The van der Waals surface area contributed by atoms with Gasteiger partial charge in [0.2, 0.25) is 0 Å². The van der Waals surface area contributed by atoms with Crippen LogP contribution in [-0.4, -0.2) is 22.4 Å². The van der Waals surface area contributed by atoms with Gasteiger partial charge < -0.3 is 14.4 Å². The predicted molar refractivity (Wildman–Crippen MR) is 249 cm³/mol. The number of aliphatic imine (C=N–C) groups is 1. The van der Waals surface area contributed by atoms with Gasteiger partial charge in [-0.2, -0.15) is 0 Å². The summed E-state index contributed by atoms with van der Waals surface area (Å²) in [4.78, 5) is 9.62. The molecule has 0 spiro atoms. The summed E-state index contributed by atoms with van der Waals surface area (Å²) in [5.74, 6) is 0.816. The normalized spacial score (nSPS) is 15.4.